The minimum atomic E-state index is -0.661. The molecule has 1 aliphatic heterocycles. The van der Waals surface area contributed by atoms with Gasteiger partial charge in [0.05, 0.1) is 23.0 Å². The van der Waals surface area contributed by atoms with E-state index in [1.54, 1.807) is 6.07 Å². The SMILES string of the molecule is C[C@H](NC(=O)[C@@H]1CC(=O)Nc2cc(F)ccc21)c1nc2ccccc2[nH]1. The number of aromatic amines is 1. The minimum absolute atomic E-state index is 0.0251. The quantitative estimate of drug-likeness (QED) is 0.677. The van der Waals surface area contributed by atoms with Crippen LogP contribution in [0, 0.1) is 5.82 Å². The number of hydrogen-bond acceptors (Lipinski definition) is 3. The molecule has 0 saturated heterocycles. The van der Waals surface area contributed by atoms with E-state index in [9.17, 15) is 14.0 Å². The second-order valence-corrected chi connectivity index (χ2v) is 6.41. The van der Waals surface area contributed by atoms with Gasteiger partial charge >= 0.3 is 0 Å². The molecule has 1 aliphatic rings. The van der Waals surface area contributed by atoms with Crippen molar-refractivity contribution in [1.82, 2.24) is 15.3 Å². The molecule has 3 N–H and O–H groups in total. The van der Waals surface area contributed by atoms with Crippen molar-refractivity contribution in [2.24, 2.45) is 0 Å². The largest absolute Gasteiger partial charge is 0.346 e. The van der Waals surface area contributed by atoms with Gasteiger partial charge in [0.1, 0.15) is 11.6 Å². The summed E-state index contributed by atoms with van der Waals surface area (Å²) >= 11 is 0. The average Bonchev–Trinajstić information content (AvgIpc) is 3.04. The van der Waals surface area contributed by atoms with Crippen molar-refractivity contribution in [1.29, 1.82) is 0 Å². The molecule has 0 saturated carbocycles. The van der Waals surface area contributed by atoms with Crippen LogP contribution in [0.1, 0.15) is 36.7 Å². The number of para-hydroxylation sites is 2. The zero-order chi connectivity index (χ0) is 18.3. The molecular formula is C19H17FN4O2. The first-order valence-corrected chi connectivity index (χ1v) is 8.35. The van der Waals surface area contributed by atoms with Crippen LogP contribution >= 0.6 is 0 Å². The highest BCUT2D eigenvalue weighted by Crippen LogP contribution is 2.33. The number of carbonyl (C=O) groups is 2. The summed E-state index contributed by atoms with van der Waals surface area (Å²) in [4.78, 5) is 32.3. The van der Waals surface area contributed by atoms with Crippen LogP contribution in [0.15, 0.2) is 42.5 Å². The van der Waals surface area contributed by atoms with Gasteiger partial charge in [-0.2, -0.15) is 0 Å². The number of imidazole rings is 1. The lowest BCUT2D eigenvalue weighted by Crippen LogP contribution is -2.36. The third-order valence-corrected chi connectivity index (χ3v) is 4.55. The van der Waals surface area contributed by atoms with E-state index in [1.807, 2.05) is 31.2 Å². The summed E-state index contributed by atoms with van der Waals surface area (Å²) in [7, 11) is 0. The molecule has 0 aliphatic carbocycles. The zero-order valence-electron chi connectivity index (χ0n) is 14.0. The molecule has 3 aromatic rings. The Morgan fingerprint density at radius 3 is 2.92 bits per heavy atom. The normalized spacial score (nSPS) is 17.5. The predicted octanol–water partition coefficient (Wildman–Crippen LogP) is 3.01. The van der Waals surface area contributed by atoms with E-state index in [0.29, 0.717) is 17.1 Å². The molecule has 0 fully saturated rings. The highest BCUT2D eigenvalue weighted by molar-refractivity contribution is 6.01. The summed E-state index contributed by atoms with van der Waals surface area (Å²) in [5.74, 6) is -1.08. The molecule has 26 heavy (non-hydrogen) atoms. The Bertz CT molecular complexity index is 981. The molecular weight excluding hydrogens is 335 g/mol. The number of anilines is 1. The molecule has 2 atom stereocenters. The summed E-state index contributed by atoms with van der Waals surface area (Å²) in [5.41, 5.74) is 2.67. The van der Waals surface area contributed by atoms with Gasteiger partial charge in [-0.3, -0.25) is 9.59 Å². The Morgan fingerprint density at radius 2 is 2.12 bits per heavy atom. The molecule has 132 valence electrons. The van der Waals surface area contributed by atoms with Gasteiger partial charge in [0.15, 0.2) is 0 Å². The maximum Gasteiger partial charge on any atom is 0.228 e. The van der Waals surface area contributed by atoms with Crippen molar-refractivity contribution >= 4 is 28.5 Å². The van der Waals surface area contributed by atoms with Crippen LogP contribution in [-0.4, -0.2) is 21.8 Å². The molecule has 0 spiro atoms. The fourth-order valence-electron chi connectivity index (χ4n) is 3.23. The molecule has 6 nitrogen and oxygen atoms in total. The van der Waals surface area contributed by atoms with Gasteiger partial charge in [0, 0.05) is 12.1 Å². The van der Waals surface area contributed by atoms with E-state index in [0.717, 1.165) is 11.0 Å². The number of aromatic nitrogens is 2. The minimum Gasteiger partial charge on any atom is -0.346 e. The van der Waals surface area contributed by atoms with Crippen molar-refractivity contribution in [2.45, 2.75) is 25.3 Å². The van der Waals surface area contributed by atoms with Crippen LogP contribution in [-0.2, 0) is 9.59 Å². The smallest absolute Gasteiger partial charge is 0.228 e. The molecule has 2 amide bonds. The van der Waals surface area contributed by atoms with Crippen LogP contribution in [0.3, 0.4) is 0 Å². The maximum absolute atomic E-state index is 13.4. The zero-order valence-corrected chi connectivity index (χ0v) is 14.0. The van der Waals surface area contributed by atoms with Crippen LogP contribution in [0.2, 0.25) is 0 Å². The van der Waals surface area contributed by atoms with Crippen molar-refractivity contribution in [3.05, 3.63) is 59.7 Å². The highest BCUT2D eigenvalue weighted by Gasteiger charge is 2.32. The lowest BCUT2D eigenvalue weighted by Gasteiger charge is -2.26. The fraction of sp³-hybridized carbons (Fsp3) is 0.211. The van der Waals surface area contributed by atoms with E-state index < -0.39 is 11.7 Å². The maximum atomic E-state index is 13.4. The number of hydrogen-bond donors (Lipinski definition) is 3. The first-order chi connectivity index (χ1) is 12.5. The Labute approximate surface area is 148 Å². The number of nitrogens with zero attached hydrogens (tertiary/aromatic N) is 1. The monoisotopic (exact) mass is 352 g/mol. The number of carbonyl (C=O) groups excluding carboxylic acids is 2. The highest BCUT2D eigenvalue weighted by atomic mass is 19.1. The molecule has 1 aromatic heterocycles. The number of nitrogens with one attached hydrogen (secondary N) is 3. The molecule has 4 rings (SSSR count). The van der Waals surface area contributed by atoms with Gasteiger partial charge in [0.25, 0.3) is 0 Å². The van der Waals surface area contributed by atoms with Crippen molar-refractivity contribution in [3.63, 3.8) is 0 Å². The molecule has 0 bridgehead atoms. The van der Waals surface area contributed by atoms with Crippen LogP contribution < -0.4 is 10.6 Å². The van der Waals surface area contributed by atoms with Crippen molar-refractivity contribution < 1.29 is 14.0 Å². The Hall–Kier alpha value is -3.22. The molecule has 0 radical (unpaired) electrons. The third-order valence-electron chi connectivity index (χ3n) is 4.55. The van der Waals surface area contributed by atoms with Gasteiger partial charge in [0.2, 0.25) is 11.8 Å². The summed E-state index contributed by atoms with van der Waals surface area (Å²) in [6, 6.07) is 11.3. The standard InChI is InChI=1S/C19H17FN4O2/c1-10(18-23-14-4-2-3-5-15(14)24-18)21-19(26)13-9-17(25)22-16-8-11(20)6-7-12(13)16/h2-8,10,13H,9H2,1H3,(H,21,26)(H,22,25)(H,23,24)/t10-,13+/m0/s1. The molecule has 2 heterocycles. The van der Waals surface area contributed by atoms with Crippen molar-refractivity contribution in [2.75, 3.05) is 5.32 Å². The van der Waals surface area contributed by atoms with Crippen LogP contribution in [0.25, 0.3) is 11.0 Å². The van der Waals surface area contributed by atoms with Gasteiger partial charge in [-0.05, 0) is 36.8 Å². The van der Waals surface area contributed by atoms with Gasteiger partial charge < -0.3 is 15.6 Å². The summed E-state index contributed by atoms with van der Waals surface area (Å²) in [5, 5.41) is 5.51. The van der Waals surface area contributed by atoms with Gasteiger partial charge in [-0.1, -0.05) is 18.2 Å². The van der Waals surface area contributed by atoms with Crippen molar-refractivity contribution in [3.8, 4) is 0 Å². The average molecular weight is 352 g/mol. The van der Waals surface area contributed by atoms with E-state index in [-0.39, 0.29) is 24.3 Å². The Balaban J connectivity index is 1.57. The van der Waals surface area contributed by atoms with Gasteiger partial charge in [-0.25, -0.2) is 9.37 Å². The third kappa shape index (κ3) is 2.92. The lowest BCUT2D eigenvalue weighted by atomic mass is 9.89. The summed E-state index contributed by atoms with van der Waals surface area (Å²) in [6.07, 6.45) is 0.0251. The number of rotatable bonds is 3. The second-order valence-electron chi connectivity index (χ2n) is 6.41. The van der Waals surface area contributed by atoms with E-state index in [2.05, 4.69) is 20.6 Å². The fourth-order valence-corrected chi connectivity index (χ4v) is 3.23. The van der Waals surface area contributed by atoms with E-state index in [1.165, 1.54) is 12.1 Å². The van der Waals surface area contributed by atoms with Crippen LogP contribution in [0.5, 0.6) is 0 Å². The number of benzene rings is 2. The molecule has 0 unspecified atom stereocenters. The first-order valence-electron chi connectivity index (χ1n) is 8.35. The van der Waals surface area contributed by atoms with E-state index >= 15 is 0 Å². The predicted molar refractivity (Wildman–Crippen MR) is 95.0 cm³/mol. The van der Waals surface area contributed by atoms with Gasteiger partial charge in [-0.15, -0.1) is 0 Å². The van der Waals surface area contributed by atoms with E-state index in [4.69, 9.17) is 0 Å². The first kappa shape index (κ1) is 16.3. The second kappa shape index (κ2) is 6.25. The number of halogens is 1. The number of amides is 2. The molecule has 7 heteroatoms. The summed E-state index contributed by atoms with van der Waals surface area (Å²) < 4.78 is 13.4. The Kier molecular flexibility index (Phi) is 3.91. The number of H-pyrrole nitrogens is 1. The lowest BCUT2D eigenvalue weighted by molar-refractivity contribution is -0.126. The van der Waals surface area contributed by atoms with Crippen LogP contribution in [0.4, 0.5) is 10.1 Å². The number of fused-ring (bicyclic) bond motifs is 2. The Morgan fingerprint density at radius 1 is 1.31 bits per heavy atom. The topological polar surface area (TPSA) is 86.9 Å². The molecule has 2 aromatic carbocycles. The summed E-state index contributed by atoms with van der Waals surface area (Å²) in [6.45, 7) is 1.82.